The molecule has 11 N–H and O–H groups in total. The number of rotatable bonds is 7. The van der Waals surface area contributed by atoms with Gasteiger partial charge in [-0.25, -0.2) is 0 Å². The van der Waals surface area contributed by atoms with Crippen molar-refractivity contribution in [1.82, 2.24) is 0 Å². The van der Waals surface area contributed by atoms with Gasteiger partial charge in [-0.05, 0) is 64.2 Å². The zero-order chi connectivity index (χ0) is 60.1. The number of hydrogen-bond donors (Lipinski definition) is 11. The molecule has 0 amide bonds. The van der Waals surface area contributed by atoms with Crippen LogP contribution in [0.3, 0.4) is 0 Å². The smallest absolute Gasteiger partial charge is 0.187 e. The van der Waals surface area contributed by atoms with E-state index in [0.717, 1.165) is 116 Å². The molecule has 84 heavy (non-hydrogen) atoms. The average molecular weight is 1210 g/mol. The van der Waals surface area contributed by atoms with Crippen LogP contribution in [0.2, 0.25) is 0 Å². The lowest BCUT2D eigenvalue weighted by Crippen LogP contribution is -2.65. The van der Waals surface area contributed by atoms with Gasteiger partial charge in [-0.1, -0.05) is 147 Å². The van der Waals surface area contributed by atoms with Crippen molar-refractivity contribution in [3.63, 3.8) is 0 Å². The number of ether oxygens (including phenoxy) is 11. The number of hydrogen-bond acceptors (Lipinski definition) is 22. The Balaban J connectivity index is 1.23. The zero-order valence-corrected chi connectivity index (χ0v) is 50.4. The van der Waals surface area contributed by atoms with Gasteiger partial charge >= 0.3 is 0 Å². The van der Waals surface area contributed by atoms with Gasteiger partial charge < -0.3 is 108 Å². The standard InChI is InChI=1S/C62H112O22/c1-2-74-40-46-55-51(70)53(72)60(82-46)84-58-50(69)48(67)44(38-64)80-62(58)77-36-30-32-41(31-26-22-18-14-10-7-9-12-16-20-24-28-34-75-55)42-33-27-23-19-15-11-6-4-3-5-8-13-17-21-25-29-35-76-61-57(49(68)47(66)43(37-63)79-61)83-59-54(73)52(71)56(78-42)45(39-65)81-59/h22,26,41-73H,2-21,23-25,27-40H2,1H3/b26-22+. The molecule has 22 unspecified atom stereocenters. The topological polar surface area (TPSA) is 324 Å². The van der Waals surface area contributed by atoms with Crippen LogP contribution in [0.15, 0.2) is 12.2 Å². The summed E-state index contributed by atoms with van der Waals surface area (Å²) in [5.41, 5.74) is 0. The SMILES string of the molecule is CCOCC1OC2OC3C(OCCCC(C4CCCCCCCCCCCCCCCCCOC5OC(CO)C(O)C(O)C5OC5OC(CO)C(O4)C(O)C5O)C/C=C/CCCCCCCCCCCOC1C(O)C2O)OC(CO)C(O)C3O. The van der Waals surface area contributed by atoms with Gasteiger partial charge in [-0.3, -0.25) is 0 Å². The first kappa shape index (κ1) is 71.9. The van der Waals surface area contributed by atoms with Crippen molar-refractivity contribution in [1.29, 1.82) is 0 Å². The minimum Gasteiger partial charge on any atom is -0.394 e. The third-order valence-electron chi connectivity index (χ3n) is 17.9. The summed E-state index contributed by atoms with van der Waals surface area (Å²) in [5.74, 6) is -0.212. The van der Waals surface area contributed by atoms with Crippen LogP contribution in [0, 0.1) is 5.92 Å². The molecule has 6 saturated heterocycles. The molecule has 8 heterocycles. The van der Waals surface area contributed by atoms with E-state index in [-0.39, 0.29) is 25.7 Å². The van der Waals surface area contributed by atoms with Gasteiger partial charge in [0.15, 0.2) is 25.2 Å². The van der Waals surface area contributed by atoms with Gasteiger partial charge in [0.25, 0.3) is 0 Å². The molecular formula is C62H112O22. The second kappa shape index (κ2) is 40.6. The van der Waals surface area contributed by atoms with Crippen LogP contribution < -0.4 is 0 Å². The molecule has 0 saturated carbocycles. The maximum absolute atomic E-state index is 12.0. The van der Waals surface area contributed by atoms with Gasteiger partial charge in [0.05, 0.1) is 32.5 Å². The molecule has 0 radical (unpaired) electrons. The van der Waals surface area contributed by atoms with Crippen molar-refractivity contribution >= 4 is 0 Å². The fraction of sp³-hybridized carbons (Fsp3) is 0.968. The van der Waals surface area contributed by atoms with Crippen LogP contribution >= 0.6 is 0 Å². The fourth-order valence-electron chi connectivity index (χ4n) is 12.7. The normalized spacial score (nSPS) is 42.3. The largest absolute Gasteiger partial charge is 0.394 e. The highest BCUT2D eigenvalue weighted by Gasteiger charge is 2.54. The van der Waals surface area contributed by atoms with Crippen LogP contribution in [-0.4, -0.2) is 238 Å². The van der Waals surface area contributed by atoms with Crippen LogP contribution in [0.5, 0.6) is 0 Å². The summed E-state index contributed by atoms with van der Waals surface area (Å²) in [7, 11) is 0. The monoisotopic (exact) mass is 1210 g/mol. The molecule has 8 aliphatic rings. The van der Waals surface area contributed by atoms with E-state index < -0.39 is 149 Å². The molecule has 4 bridgehead atoms. The first-order valence-corrected chi connectivity index (χ1v) is 32.8. The first-order chi connectivity index (χ1) is 40.9. The number of fused-ring (bicyclic) bond motifs is 42. The molecule has 0 aromatic heterocycles. The van der Waals surface area contributed by atoms with Crippen LogP contribution in [-0.2, 0) is 52.1 Å². The number of aliphatic hydroxyl groups excluding tert-OH is 11. The van der Waals surface area contributed by atoms with Crippen molar-refractivity contribution in [3.8, 4) is 0 Å². The molecule has 8 rings (SSSR count). The van der Waals surface area contributed by atoms with E-state index in [0.29, 0.717) is 45.3 Å². The minimum absolute atomic E-state index is 0.0178. The predicted molar refractivity (Wildman–Crippen MR) is 307 cm³/mol. The molecule has 0 spiro atoms. The molecule has 0 aromatic carbocycles. The Morgan fingerprint density at radius 2 is 0.750 bits per heavy atom. The molecule has 0 aliphatic carbocycles. The number of aliphatic hydroxyl groups is 11. The summed E-state index contributed by atoms with van der Waals surface area (Å²) >= 11 is 0. The molecule has 492 valence electrons. The highest BCUT2D eigenvalue weighted by atomic mass is 16.8. The maximum atomic E-state index is 12.0. The first-order valence-electron chi connectivity index (χ1n) is 32.8. The van der Waals surface area contributed by atoms with E-state index in [9.17, 15) is 56.2 Å². The van der Waals surface area contributed by atoms with E-state index in [2.05, 4.69) is 12.2 Å². The maximum Gasteiger partial charge on any atom is 0.187 e. The molecule has 22 atom stereocenters. The quantitative estimate of drug-likeness (QED) is 0.159. The molecular weight excluding hydrogens is 1100 g/mol. The summed E-state index contributed by atoms with van der Waals surface area (Å²) in [5, 5.41) is 123. The Hall–Kier alpha value is -1.14. The third-order valence-corrected chi connectivity index (χ3v) is 17.9. The van der Waals surface area contributed by atoms with Crippen molar-refractivity contribution in [2.45, 2.75) is 322 Å². The van der Waals surface area contributed by atoms with Gasteiger partial charge in [-0.2, -0.15) is 0 Å². The van der Waals surface area contributed by atoms with Gasteiger partial charge in [0.1, 0.15) is 97.7 Å². The van der Waals surface area contributed by atoms with Crippen LogP contribution in [0.4, 0.5) is 0 Å². The molecule has 22 heteroatoms. The molecule has 6 fully saturated rings. The number of allylic oxidation sites excluding steroid dienone is 2. The Bertz CT molecular complexity index is 1700. The van der Waals surface area contributed by atoms with Crippen LogP contribution in [0.1, 0.15) is 193 Å². The lowest BCUT2D eigenvalue weighted by Gasteiger charge is -2.47. The van der Waals surface area contributed by atoms with Crippen LogP contribution in [0.25, 0.3) is 0 Å². The van der Waals surface area contributed by atoms with Gasteiger partial charge in [0, 0.05) is 26.4 Å². The predicted octanol–water partition coefficient (Wildman–Crippen LogP) is 4.24. The summed E-state index contributed by atoms with van der Waals surface area (Å²) in [6.45, 7) is 0.901. The Morgan fingerprint density at radius 3 is 1.24 bits per heavy atom. The summed E-state index contributed by atoms with van der Waals surface area (Å²) < 4.78 is 68.0. The van der Waals surface area contributed by atoms with E-state index in [1.54, 1.807) is 0 Å². The second-order valence-electron chi connectivity index (χ2n) is 24.4. The molecule has 22 nitrogen and oxygen atoms in total. The highest BCUT2D eigenvalue weighted by Crippen LogP contribution is 2.36. The lowest BCUT2D eigenvalue weighted by atomic mass is 9.88. The van der Waals surface area contributed by atoms with E-state index in [1.165, 1.54) is 38.5 Å². The van der Waals surface area contributed by atoms with Gasteiger partial charge in [0.2, 0.25) is 0 Å². The minimum atomic E-state index is -1.76. The Labute approximate surface area is 499 Å². The molecule has 8 aliphatic heterocycles. The fourth-order valence-corrected chi connectivity index (χ4v) is 12.7. The third kappa shape index (κ3) is 22.7. The summed E-state index contributed by atoms with van der Waals surface area (Å²) in [6.07, 6.45) is 3.75. The van der Waals surface area contributed by atoms with E-state index in [4.69, 9.17) is 52.1 Å². The Morgan fingerprint density at radius 1 is 0.345 bits per heavy atom. The summed E-state index contributed by atoms with van der Waals surface area (Å²) in [4.78, 5) is 0. The van der Waals surface area contributed by atoms with Crippen molar-refractivity contribution in [2.75, 3.05) is 52.9 Å². The lowest BCUT2D eigenvalue weighted by molar-refractivity contribution is -0.371. The summed E-state index contributed by atoms with van der Waals surface area (Å²) in [6, 6.07) is 0. The van der Waals surface area contributed by atoms with Crippen molar-refractivity contribution < 1.29 is 108 Å². The van der Waals surface area contributed by atoms with Crippen molar-refractivity contribution in [2.24, 2.45) is 5.92 Å². The average Bonchev–Trinajstić information content (AvgIpc) is 2.99. The highest BCUT2D eigenvalue weighted by molar-refractivity contribution is 4.97. The second-order valence-corrected chi connectivity index (χ2v) is 24.4. The Kier molecular flexibility index (Phi) is 34.7. The van der Waals surface area contributed by atoms with E-state index >= 15 is 0 Å². The molecule has 0 aromatic rings. The zero-order valence-electron chi connectivity index (χ0n) is 50.4. The van der Waals surface area contributed by atoms with E-state index in [1.807, 2.05) is 6.92 Å². The van der Waals surface area contributed by atoms with Crippen molar-refractivity contribution in [3.05, 3.63) is 12.2 Å². The van der Waals surface area contributed by atoms with Gasteiger partial charge in [-0.15, -0.1) is 0 Å².